The highest BCUT2D eigenvalue weighted by Crippen LogP contribution is 2.26. The van der Waals surface area contributed by atoms with Crippen LogP contribution in [0.3, 0.4) is 0 Å². The third kappa shape index (κ3) is 6.11. The molecule has 1 N–H and O–H groups in total. The van der Waals surface area contributed by atoms with Gasteiger partial charge in [-0.3, -0.25) is 14.0 Å². The number of nitrogens with zero attached hydrogens (tertiary/aromatic N) is 2. The van der Waals surface area contributed by atoms with E-state index in [0.717, 1.165) is 42.6 Å². The number of nitrogens with one attached hydrogen (secondary N) is 1. The SMILES string of the molecule is Cc1ccc(C)c(N([C@H](C)C(=O)NCc2ccccc2CN2CCCCC2)S(C)(=O)=O)c1. The molecule has 1 aliphatic rings. The molecule has 3 rings (SSSR count). The van der Waals surface area contributed by atoms with E-state index in [2.05, 4.69) is 16.3 Å². The lowest BCUT2D eigenvalue weighted by Gasteiger charge is -2.30. The third-order valence-corrected chi connectivity index (χ3v) is 7.33. The normalized spacial score (nSPS) is 15.9. The lowest BCUT2D eigenvalue weighted by molar-refractivity contribution is -0.122. The minimum atomic E-state index is -3.65. The monoisotopic (exact) mass is 457 g/mol. The zero-order chi connectivity index (χ0) is 23.3. The van der Waals surface area contributed by atoms with Crippen LogP contribution in [0.5, 0.6) is 0 Å². The van der Waals surface area contributed by atoms with E-state index in [1.807, 2.05) is 50.2 Å². The van der Waals surface area contributed by atoms with E-state index in [0.29, 0.717) is 12.2 Å². The van der Waals surface area contributed by atoms with Gasteiger partial charge in [0.15, 0.2) is 0 Å². The van der Waals surface area contributed by atoms with Gasteiger partial charge >= 0.3 is 0 Å². The molecular formula is C25H35N3O3S. The average molecular weight is 458 g/mol. The Morgan fingerprint density at radius 3 is 2.38 bits per heavy atom. The van der Waals surface area contributed by atoms with Crippen LogP contribution in [-0.2, 0) is 27.9 Å². The maximum atomic E-state index is 13.0. The van der Waals surface area contributed by atoms with E-state index in [1.165, 1.54) is 29.1 Å². The Morgan fingerprint density at radius 1 is 1.06 bits per heavy atom. The second-order valence-corrected chi connectivity index (χ2v) is 10.7. The molecule has 0 unspecified atom stereocenters. The largest absolute Gasteiger partial charge is 0.350 e. The summed E-state index contributed by atoms with van der Waals surface area (Å²) in [5, 5.41) is 2.97. The molecule has 2 aromatic carbocycles. The van der Waals surface area contributed by atoms with Crippen molar-refractivity contribution in [2.75, 3.05) is 23.7 Å². The van der Waals surface area contributed by atoms with Gasteiger partial charge in [0, 0.05) is 13.1 Å². The van der Waals surface area contributed by atoms with Gasteiger partial charge in [-0.15, -0.1) is 0 Å². The maximum Gasteiger partial charge on any atom is 0.243 e. The van der Waals surface area contributed by atoms with Gasteiger partial charge in [0.1, 0.15) is 6.04 Å². The van der Waals surface area contributed by atoms with Crippen LogP contribution in [0, 0.1) is 13.8 Å². The molecule has 1 fully saturated rings. The summed E-state index contributed by atoms with van der Waals surface area (Å²) in [6, 6.07) is 12.9. The molecule has 0 bridgehead atoms. The van der Waals surface area contributed by atoms with Crippen molar-refractivity contribution in [2.45, 2.75) is 59.2 Å². The van der Waals surface area contributed by atoms with Crippen molar-refractivity contribution < 1.29 is 13.2 Å². The van der Waals surface area contributed by atoms with Gasteiger partial charge < -0.3 is 5.32 Å². The van der Waals surface area contributed by atoms with Crippen molar-refractivity contribution in [3.8, 4) is 0 Å². The Balaban J connectivity index is 1.74. The number of amides is 1. The Labute approximate surface area is 192 Å². The molecule has 1 amide bonds. The zero-order valence-electron chi connectivity index (χ0n) is 19.6. The molecule has 32 heavy (non-hydrogen) atoms. The Kier molecular flexibility index (Phi) is 7.96. The van der Waals surface area contributed by atoms with Crippen molar-refractivity contribution in [3.63, 3.8) is 0 Å². The van der Waals surface area contributed by atoms with E-state index < -0.39 is 16.1 Å². The molecule has 2 aromatic rings. The Bertz CT molecular complexity index is 1050. The molecule has 6 nitrogen and oxygen atoms in total. The van der Waals surface area contributed by atoms with E-state index in [1.54, 1.807) is 6.92 Å². The molecule has 1 heterocycles. The lowest BCUT2D eigenvalue weighted by atomic mass is 10.0. The fourth-order valence-corrected chi connectivity index (χ4v) is 5.53. The van der Waals surface area contributed by atoms with Crippen LogP contribution in [0.25, 0.3) is 0 Å². The number of hydrogen-bond acceptors (Lipinski definition) is 4. The number of aryl methyl sites for hydroxylation is 2. The van der Waals surface area contributed by atoms with Crippen molar-refractivity contribution in [2.24, 2.45) is 0 Å². The minimum absolute atomic E-state index is 0.316. The number of carbonyl (C=O) groups excluding carboxylic acids is 1. The predicted molar refractivity (Wildman–Crippen MR) is 130 cm³/mol. The summed E-state index contributed by atoms with van der Waals surface area (Å²) in [4.78, 5) is 15.5. The van der Waals surface area contributed by atoms with Crippen molar-refractivity contribution in [3.05, 3.63) is 64.7 Å². The zero-order valence-corrected chi connectivity index (χ0v) is 20.4. The summed E-state index contributed by atoms with van der Waals surface area (Å²) in [5.41, 5.74) is 4.57. The number of benzene rings is 2. The average Bonchev–Trinajstić information content (AvgIpc) is 2.75. The standard InChI is InChI=1S/C25H35N3O3S/c1-19-12-13-20(2)24(16-19)28(32(4,30)31)21(3)25(29)26-17-22-10-6-7-11-23(22)18-27-14-8-5-9-15-27/h6-7,10-13,16,21H,5,8-9,14-15,17-18H2,1-4H3,(H,26,29)/t21-/m1/s1. The van der Waals surface area contributed by atoms with Crippen LogP contribution < -0.4 is 9.62 Å². The van der Waals surface area contributed by atoms with Crippen molar-refractivity contribution in [1.82, 2.24) is 10.2 Å². The van der Waals surface area contributed by atoms with Gasteiger partial charge in [0.05, 0.1) is 11.9 Å². The Hall–Kier alpha value is -2.38. The second-order valence-electron chi connectivity index (χ2n) is 8.85. The maximum absolute atomic E-state index is 13.0. The fourth-order valence-electron chi connectivity index (χ4n) is 4.31. The molecule has 7 heteroatoms. The van der Waals surface area contributed by atoms with E-state index >= 15 is 0 Å². The Morgan fingerprint density at radius 2 is 1.72 bits per heavy atom. The molecule has 0 radical (unpaired) electrons. The number of carbonyl (C=O) groups is 1. The number of anilines is 1. The van der Waals surface area contributed by atoms with Gasteiger partial charge in [0.25, 0.3) is 0 Å². The van der Waals surface area contributed by atoms with Crippen LogP contribution in [0.15, 0.2) is 42.5 Å². The van der Waals surface area contributed by atoms with Crippen LogP contribution in [0.2, 0.25) is 0 Å². The highest BCUT2D eigenvalue weighted by Gasteiger charge is 2.30. The van der Waals surface area contributed by atoms with Gasteiger partial charge in [-0.1, -0.05) is 42.8 Å². The summed E-state index contributed by atoms with van der Waals surface area (Å²) in [7, 11) is -3.65. The van der Waals surface area contributed by atoms with E-state index in [-0.39, 0.29) is 5.91 Å². The summed E-state index contributed by atoms with van der Waals surface area (Å²) < 4.78 is 26.5. The lowest BCUT2D eigenvalue weighted by Crippen LogP contribution is -2.48. The number of hydrogen-bond donors (Lipinski definition) is 1. The highest BCUT2D eigenvalue weighted by molar-refractivity contribution is 7.92. The molecule has 0 saturated carbocycles. The topological polar surface area (TPSA) is 69.7 Å². The summed E-state index contributed by atoms with van der Waals surface area (Å²) in [6.45, 7) is 8.87. The third-order valence-electron chi connectivity index (χ3n) is 6.10. The van der Waals surface area contributed by atoms with E-state index in [9.17, 15) is 13.2 Å². The quantitative estimate of drug-likeness (QED) is 0.655. The molecule has 0 spiro atoms. The molecule has 1 saturated heterocycles. The minimum Gasteiger partial charge on any atom is -0.350 e. The number of likely N-dealkylation sites (tertiary alicyclic amines) is 1. The number of rotatable bonds is 8. The molecule has 1 aliphatic heterocycles. The fraction of sp³-hybridized carbons (Fsp3) is 0.480. The predicted octanol–water partition coefficient (Wildman–Crippen LogP) is 3.76. The first-order valence-electron chi connectivity index (χ1n) is 11.3. The molecule has 0 aliphatic carbocycles. The molecular weight excluding hydrogens is 422 g/mol. The summed E-state index contributed by atoms with van der Waals surface area (Å²) in [6.07, 6.45) is 4.90. The molecule has 174 valence electrons. The van der Waals surface area contributed by atoms with E-state index in [4.69, 9.17) is 0 Å². The smallest absolute Gasteiger partial charge is 0.243 e. The van der Waals surface area contributed by atoms with Crippen molar-refractivity contribution >= 4 is 21.6 Å². The number of sulfonamides is 1. The van der Waals surface area contributed by atoms with Crippen LogP contribution in [0.1, 0.15) is 48.4 Å². The number of piperidine rings is 1. The second kappa shape index (κ2) is 10.5. The van der Waals surface area contributed by atoms with Crippen LogP contribution in [-0.4, -0.2) is 44.6 Å². The van der Waals surface area contributed by atoms with Crippen molar-refractivity contribution in [1.29, 1.82) is 0 Å². The van der Waals surface area contributed by atoms with Gasteiger partial charge in [-0.25, -0.2) is 8.42 Å². The van der Waals surface area contributed by atoms with Gasteiger partial charge in [0.2, 0.25) is 15.9 Å². The summed E-state index contributed by atoms with van der Waals surface area (Å²) in [5.74, 6) is -0.316. The highest BCUT2D eigenvalue weighted by atomic mass is 32.2. The van der Waals surface area contributed by atoms with Gasteiger partial charge in [-0.2, -0.15) is 0 Å². The van der Waals surface area contributed by atoms with Crippen LogP contribution in [0.4, 0.5) is 5.69 Å². The summed E-state index contributed by atoms with van der Waals surface area (Å²) >= 11 is 0. The first kappa shape index (κ1) is 24.3. The van der Waals surface area contributed by atoms with Crippen LogP contribution >= 0.6 is 0 Å². The van der Waals surface area contributed by atoms with Gasteiger partial charge in [-0.05, 0) is 75.0 Å². The molecule has 1 atom stereocenters. The first-order valence-corrected chi connectivity index (χ1v) is 13.1. The molecule has 0 aromatic heterocycles. The first-order chi connectivity index (χ1) is 15.2.